The fourth-order valence-electron chi connectivity index (χ4n) is 3.59. The van der Waals surface area contributed by atoms with Crippen molar-refractivity contribution in [2.45, 2.75) is 58.0 Å². The van der Waals surface area contributed by atoms with Crippen LogP contribution in [0.4, 0.5) is 0 Å². The minimum atomic E-state index is -0.0727. The average Bonchev–Trinajstić information content (AvgIpc) is 2.75. The lowest BCUT2D eigenvalue weighted by molar-refractivity contribution is -0.150. The summed E-state index contributed by atoms with van der Waals surface area (Å²) in [6, 6.07) is 16.9. The number of likely N-dealkylation sites (N-methyl/N-ethyl adjacent to an activating group) is 1. The topological polar surface area (TPSA) is 38.8 Å². The summed E-state index contributed by atoms with van der Waals surface area (Å²) in [7, 11) is 5.74. The zero-order chi connectivity index (χ0) is 21.8. The number of hydrogen-bond donors (Lipinski definition) is 0. The number of benzene rings is 2. The fraction of sp³-hybridized carbons (Fsp3) is 0.500. The van der Waals surface area contributed by atoms with E-state index < -0.39 is 0 Å². The Morgan fingerprint density at radius 1 is 0.967 bits per heavy atom. The van der Waals surface area contributed by atoms with E-state index in [-0.39, 0.29) is 12.1 Å². The molecule has 0 aliphatic rings. The van der Waals surface area contributed by atoms with Crippen LogP contribution in [0.3, 0.4) is 0 Å². The number of esters is 1. The lowest BCUT2D eigenvalue weighted by Gasteiger charge is -2.22. The summed E-state index contributed by atoms with van der Waals surface area (Å²) in [6.07, 6.45) is 6.09. The third kappa shape index (κ3) is 8.58. The average molecular weight is 412 g/mol. The fourth-order valence-corrected chi connectivity index (χ4v) is 3.59. The maximum Gasteiger partial charge on any atom is 0.306 e. The lowest BCUT2D eigenvalue weighted by atomic mass is 9.96. The normalized spacial score (nSPS) is 12.0. The molecule has 0 spiro atoms. The molecule has 0 unspecified atom stereocenters. The highest BCUT2D eigenvalue weighted by Crippen LogP contribution is 2.18. The maximum atomic E-state index is 12.1. The minimum absolute atomic E-state index is 0.0704. The van der Waals surface area contributed by atoms with Gasteiger partial charge in [0.25, 0.3) is 0 Å². The first-order valence-electron chi connectivity index (χ1n) is 11.1. The second-order valence-electron chi connectivity index (χ2n) is 8.13. The van der Waals surface area contributed by atoms with Gasteiger partial charge < -0.3 is 14.4 Å². The molecule has 0 heterocycles. The summed E-state index contributed by atoms with van der Waals surface area (Å²) in [4.78, 5) is 14.2. The molecule has 1 atom stereocenters. The van der Waals surface area contributed by atoms with E-state index in [1.54, 1.807) is 7.11 Å². The number of hydrogen-bond acceptors (Lipinski definition) is 4. The Morgan fingerprint density at radius 2 is 1.63 bits per heavy atom. The second kappa shape index (κ2) is 13.1. The highest BCUT2D eigenvalue weighted by Gasteiger charge is 2.16. The van der Waals surface area contributed by atoms with E-state index in [2.05, 4.69) is 48.2 Å². The highest BCUT2D eigenvalue weighted by molar-refractivity contribution is 5.69. The van der Waals surface area contributed by atoms with Gasteiger partial charge in [0.2, 0.25) is 0 Å². The van der Waals surface area contributed by atoms with Gasteiger partial charge in [-0.15, -0.1) is 0 Å². The quantitative estimate of drug-likeness (QED) is 0.431. The Kier molecular flexibility index (Phi) is 10.4. The molecule has 30 heavy (non-hydrogen) atoms. The summed E-state index contributed by atoms with van der Waals surface area (Å²) >= 11 is 0. The first kappa shape index (κ1) is 23.9. The van der Waals surface area contributed by atoms with Crippen molar-refractivity contribution in [2.24, 2.45) is 0 Å². The van der Waals surface area contributed by atoms with E-state index in [1.807, 2.05) is 26.2 Å². The summed E-state index contributed by atoms with van der Waals surface area (Å²) in [6.45, 7) is 2.85. The van der Waals surface area contributed by atoms with Crippen LogP contribution in [0.25, 0.3) is 0 Å². The van der Waals surface area contributed by atoms with Crippen LogP contribution in [0.1, 0.15) is 49.3 Å². The van der Waals surface area contributed by atoms with Crippen LogP contribution in [0.15, 0.2) is 48.5 Å². The smallest absolute Gasteiger partial charge is 0.306 e. The molecular weight excluding hydrogens is 374 g/mol. The van der Waals surface area contributed by atoms with Gasteiger partial charge in [0.05, 0.1) is 7.11 Å². The van der Waals surface area contributed by atoms with Crippen molar-refractivity contribution >= 4 is 5.97 Å². The predicted molar refractivity (Wildman–Crippen MR) is 123 cm³/mol. The third-order valence-corrected chi connectivity index (χ3v) is 5.30. The molecule has 164 valence electrons. The third-order valence-electron chi connectivity index (χ3n) is 5.30. The molecular formula is C26H37NO3. The molecule has 4 heteroatoms. The van der Waals surface area contributed by atoms with E-state index in [9.17, 15) is 4.79 Å². The number of rotatable bonds is 13. The van der Waals surface area contributed by atoms with Crippen molar-refractivity contribution in [3.05, 3.63) is 65.2 Å². The van der Waals surface area contributed by atoms with Crippen molar-refractivity contribution in [3.8, 4) is 5.75 Å². The van der Waals surface area contributed by atoms with Crippen LogP contribution in [0, 0.1) is 0 Å². The van der Waals surface area contributed by atoms with Gasteiger partial charge in [-0.25, -0.2) is 0 Å². The van der Waals surface area contributed by atoms with Crippen molar-refractivity contribution in [1.82, 2.24) is 4.90 Å². The molecule has 0 N–H and O–H groups in total. The van der Waals surface area contributed by atoms with Crippen molar-refractivity contribution in [1.29, 1.82) is 0 Å². The van der Waals surface area contributed by atoms with Gasteiger partial charge in [-0.2, -0.15) is 0 Å². The Morgan fingerprint density at radius 3 is 2.23 bits per heavy atom. The van der Waals surface area contributed by atoms with E-state index in [4.69, 9.17) is 9.47 Å². The summed E-state index contributed by atoms with van der Waals surface area (Å²) in [5.41, 5.74) is 4.02. The number of carbonyl (C=O) groups excluding carboxylic acids is 1. The summed E-state index contributed by atoms with van der Waals surface area (Å²) in [5, 5.41) is 0. The van der Waals surface area contributed by atoms with Crippen molar-refractivity contribution < 1.29 is 14.3 Å². The molecule has 4 nitrogen and oxygen atoms in total. The summed E-state index contributed by atoms with van der Waals surface area (Å²) < 4.78 is 11.0. The van der Waals surface area contributed by atoms with Crippen LogP contribution in [0.2, 0.25) is 0 Å². The predicted octanol–water partition coefficient (Wildman–Crippen LogP) is 5.08. The van der Waals surface area contributed by atoms with Crippen molar-refractivity contribution in [2.75, 3.05) is 27.7 Å². The Hall–Kier alpha value is -2.33. The Bertz CT molecular complexity index is 755. The van der Waals surface area contributed by atoms with E-state index >= 15 is 0 Å². The van der Waals surface area contributed by atoms with Gasteiger partial charge in [-0.05, 0) is 75.0 Å². The Labute approximate surface area is 182 Å². The highest BCUT2D eigenvalue weighted by atomic mass is 16.5. The van der Waals surface area contributed by atoms with Crippen molar-refractivity contribution in [3.63, 3.8) is 0 Å². The molecule has 0 aliphatic carbocycles. The monoisotopic (exact) mass is 411 g/mol. The number of aryl methyl sites for hydroxylation is 3. The maximum absolute atomic E-state index is 12.1. The molecule has 0 radical (unpaired) electrons. The molecule has 0 saturated carbocycles. The van der Waals surface area contributed by atoms with E-state index in [1.165, 1.54) is 16.7 Å². The molecule has 0 aromatic heterocycles. The Balaban J connectivity index is 1.96. The van der Waals surface area contributed by atoms with Gasteiger partial charge >= 0.3 is 5.97 Å². The molecule has 0 saturated heterocycles. The standard InChI is InChI=1S/C26H37NO3/c1-5-6-11-26(28)30-25(20-27(2)3)19-16-23-10-8-7-9-22(23)15-12-21-13-17-24(29-4)18-14-21/h7-10,13-14,17-18,25H,5-6,11-12,15-16,19-20H2,1-4H3/t25-/m1/s1. The first-order chi connectivity index (χ1) is 14.5. The molecule has 0 aliphatic heterocycles. The van der Waals surface area contributed by atoms with Crippen LogP contribution >= 0.6 is 0 Å². The molecule has 0 fully saturated rings. The molecule has 2 rings (SSSR count). The number of ether oxygens (including phenoxy) is 2. The summed E-state index contributed by atoms with van der Waals surface area (Å²) in [5.74, 6) is 0.816. The number of carbonyl (C=O) groups is 1. The second-order valence-corrected chi connectivity index (χ2v) is 8.13. The number of methoxy groups -OCH3 is 1. The van der Waals surface area contributed by atoms with Crippen LogP contribution in [-0.2, 0) is 28.8 Å². The number of nitrogens with zero attached hydrogens (tertiary/aromatic N) is 1. The molecule has 0 amide bonds. The van der Waals surface area contributed by atoms with E-state index in [0.29, 0.717) is 6.42 Å². The van der Waals surface area contributed by atoms with Crippen LogP contribution in [0.5, 0.6) is 5.75 Å². The molecule has 2 aromatic rings. The largest absolute Gasteiger partial charge is 0.497 e. The van der Waals surface area contributed by atoms with Gasteiger partial charge in [-0.1, -0.05) is 49.7 Å². The zero-order valence-electron chi connectivity index (χ0n) is 19.0. The van der Waals surface area contributed by atoms with Gasteiger partial charge in [0.15, 0.2) is 0 Å². The molecule has 0 bridgehead atoms. The number of unbranched alkanes of at least 4 members (excludes halogenated alkanes) is 1. The van der Waals surface area contributed by atoms with Gasteiger partial charge in [0, 0.05) is 13.0 Å². The first-order valence-corrected chi connectivity index (χ1v) is 11.1. The zero-order valence-corrected chi connectivity index (χ0v) is 19.0. The molecule has 2 aromatic carbocycles. The van der Waals surface area contributed by atoms with Gasteiger partial charge in [-0.3, -0.25) is 4.79 Å². The van der Waals surface area contributed by atoms with Crippen LogP contribution < -0.4 is 4.74 Å². The van der Waals surface area contributed by atoms with Gasteiger partial charge in [0.1, 0.15) is 11.9 Å². The minimum Gasteiger partial charge on any atom is -0.497 e. The van der Waals surface area contributed by atoms with Crippen LogP contribution in [-0.4, -0.2) is 44.7 Å². The van der Waals surface area contributed by atoms with E-state index in [0.717, 1.165) is 50.8 Å². The SMILES string of the molecule is CCCCC(=O)O[C@H](CCc1ccccc1CCc1ccc(OC)cc1)CN(C)C. The lowest BCUT2D eigenvalue weighted by Crippen LogP contribution is -2.31.